The van der Waals surface area contributed by atoms with Gasteiger partial charge >= 0.3 is 0 Å². The Morgan fingerprint density at radius 2 is 1.65 bits per heavy atom. The van der Waals surface area contributed by atoms with Gasteiger partial charge < -0.3 is 5.11 Å². The zero-order valence-electron chi connectivity index (χ0n) is 12.9. The molecule has 114 valence electrons. The van der Waals surface area contributed by atoms with Gasteiger partial charge in [-0.2, -0.15) is 0 Å². The Bertz CT molecular complexity index is 905. The Kier molecular flexibility index (Phi) is 4.14. The molecule has 1 N–H and O–H groups in total. The summed E-state index contributed by atoms with van der Waals surface area (Å²) in [5.74, 6) is 2.13. The van der Waals surface area contributed by atoms with Gasteiger partial charge in [-0.05, 0) is 52.1 Å². The Balaban J connectivity index is 1.98. The van der Waals surface area contributed by atoms with Crippen molar-refractivity contribution in [3.63, 3.8) is 0 Å². The van der Waals surface area contributed by atoms with Crippen molar-refractivity contribution in [2.45, 2.75) is 19.4 Å². The molecule has 0 aliphatic rings. The summed E-state index contributed by atoms with van der Waals surface area (Å²) in [6.07, 6.45) is 4.89. The fraction of sp³-hybridized carbons (Fsp3) is 0.143. The highest BCUT2D eigenvalue weighted by molar-refractivity contribution is 5.87. The molecule has 0 aromatic heterocycles. The average Bonchev–Trinajstić information content (AvgIpc) is 2.56. The first-order valence-electron chi connectivity index (χ1n) is 7.50. The number of aryl methyl sites for hydroxylation is 1. The first-order chi connectivity index (χ1) is 11.1. The lowest BCUT2D eigenvalue weighted by atomic mass is 9.98. The largest absolute Gasteiger partial charge is 0.380 e. The molecular weight excluding hydrogens is 287 g/mol. The normalized spacial score (nSPS) is 12.1. The highest BCUT2D eigenvalue weighted by Crippen LogP contribution is 2.26. The van der Waals surface area contributed by atoms with Gasteiger partial charge in [0.05, 0.1) is 0 Å². The van der Waals surface area contributed by atoms with Gasteiger partial charge in [-0.15, -0.1) is 6.42 Å². The van der Waals surface area contributed by atoms with Crippen LogP contribution in [0.5, 0.6) is 0 Å². The maximum atomic E-state index is 13.7. The Hall–Kier alpha value is -2.63. The highest BCUT2D eigenvalue weighted by Gasteiger charge is 2.06. The number of aliphatic hydroxyl groups excluding tert-OH is 1. The molecule has 3 aromatic rings. The summed E-state index contributed by atoms with van der Waals surface area (Å²) in [5.41, 5.74) is 3.48. The summed E-state index contributed by atoms with van der Waals surface area (Å²) in [4.78, 5) is 0. The predicted octanol–water partition coefficient (Wildman–Crippen LogP) is 4.49. The molecule has 0 heterocycles. The zero-order chi connectivity index (χ0) is 16.4. The highest BCUT2D eigenvalue weighted by atomic mass is 19.1. The van der Waals surface area contributed by atoms with Gasteiger partial charge in [0.1, 0.15) is 11.9 Å². The summed E-state index contributed by atoms with van der Waals surface area (Å²) in [6, 6.07) is 17.3. The molecule has 23 heavy (non-hydrogen) atoms. The van der Waals surface area contributed by atoms with Crippen LogP contribution in [-0.4, -0.2) is 11.2 Å². The van der Waals surface area contributed by atoms with E-state index in [4.69, 9.17) is 6.42 Å². The number of hydrogen-bond donors (Lipinski definition) is 1. The molecule has 1 atom stereocenters. The first-order valence-corrected chi connectivity index (χ1v) is 7.50. The van der Waals surface area contributed by atoms with Crippen molar-refractivity contribution >= 4 is 10.8 Å². The van der Waals surface area contributed by atoms with E-state index in [1.807, 2.05) is 42.5 Å². The van der Waals surface area contributed by atoms with Gasteiger partial charge in [-0.3, -0.25) is 0 Å². The van der Waals surface area contributed by atoms with E-state index >= 15 is 0 Å². The third kappa shape index (κ3) is 3.26. The van der Waals surface area contributed by atoms with Crippen LogP contribution in [0.25, 0.3) is 21.9 Å². The summed E-state index contributed by atoms with van der Waals surface area (Å²) >= 11 is 0. The minimum atomic E-state index is -0.762. The lowest BCUT2D eigenvalue weighted by molar-refractivity contribution is 0.233. The van der Waals surface area contributed by atoms with Crippen LogP contribution >= 0.6 is 0 Å². The van der Waals surface area contributed by atoms with Crippen LogP contribution in [0.2, 0.25) is 0 Å². The van der Waals surface area contributed by atoms with Crippen molar-refractivity contribution < 1.29 is 9.50 Å². The van der Waals surface area contributed by atoms with Gasteiger partial charge in [0.15, 0.2) is 0 Å². The predicted molar refractivity (Wildman–Crippen MR) is 92.6 cm³/mol. The molecule has 0 fully saturated rings. The monoisotopic (exact) mass is 304 g/mol. The molecular formula is C21H17FO. The molecule has 0 aliphatic heterocycles. The van der Waals surface area contributed by atoms with E-state index in [9.17, 15) is 9.50 Å². The fourth-order valence-electron chi connectivity index (χ4n) is 2.66. The third-order valence-electron chi connectivity index (χ3n) is 4.03. The topological polar surface area (TPSA) is 20.2 Å². The first kappa shape index (κ1) is 15.3. The van der Waals surface area contributed by atoms with Crippen LogP contribution in [0.15, 0.2) is 54.6 Å². The molecule has 0 saturated carbocycles. The van der Waals surface area contributed by atoms with Gasteiger partial charge in [-0.25, -0.2) is 4.39 Å². The van der Waals surface area contributed by atoms with Crippen molar-refractivity contribution in [1.82, 2.24) is 0 Å². The molecule has 0 amide bonds. The standard InChI is InChI=1S/C21H17FO/c1-3-20(23)11-15-5-7-17-12-18(9-8-16(17)10-15)19-6-4-14(2)21(22)13-19/h1,4-10,12-13,20,23H,11H2,2H3. The summed E-state index contributed by atoms with van der Waals surface area (Å²) in [6.45, 7) is 1.76. The van der Waals surface area contributed by atoms with Crippen molar-refractivity contribution in [2.24, 2.45) is 0 Å². The quantitative estimate of drug-likeness (QED) is 0.707. The molecule has 0 saturated heterocycles. The molecule has 2 heteroatoms. The molecule has 0 bridgehead atoms. The number of benzene rings is 3. The van der Waals surface area contributed by atoms with E-state index in [2.05, 4.69) is 5.92 Å². The van der Waals surface area contributed by atoms with Crippen molar-refractivity contribution in [1.29, 1.82) is 0 Å². The lowest BCUT2D eigenvalue weighted by Gasteiger charge is -2.08. The van der Waals surface area contributed by atoms with Crippen LogP contribution in [-0.2, 0) is 6.42 Å². The maximum Gasteiger partial charge on any atom is 0.126 e. The van der Waals surface area contributed by atoms with Crippen LogP contribution in [0.4, 0.5) is 4.39 Å². The number of hydrogen-bond acceptors (Lipinski definition) is 1. The van der Waals surface area contributed by atoms with E-state index in [0.717, 1.165) is 27.5 Å². The minimum absolute atomic E-state index is 0.193. The molecule has 3 rings (SSSR count). The van der Waals surface area contributed by atoms with Gasteiger partial charge in [0.2, 0.25) is 0 Å². The summed E-state index contributed by atoms with van der Waals surface area (Å²) in [5, 5.41) is 11.7. The van der Waals surface area contributed by atoms with Gasteiger partial charge in [0.25, 0.3) is 0 Å². The number of aliphatic hydroxyl groups is 1. The van der Waals surface area contributed by atoms with E-state index < -0.39 is 6.10 Å². The maximum absolute atomic E-state index is 13.7. The molecule has 3 aromatic carbocycles. The number of terminal acetylenes is 1. The zero-order valence-corrected chi connectivity index (χ0v) is 12.9. The van der Waals surface area contributed by atoms with Crippen molar-refractivity contribution in [2.75, 3.05) is 0 Å². The molecule has 0 radical (unpaired) electrons. The summed E-state index contributed by atoms with van der Waals surface area (Å²) < 4.78 is 13.7. The molecule has 1 unspecified atom stereocenters. The van der Waals surface area contributed by atoms with Gasteiger partial charge in [0, 0.05) is 6.42 Å². The third-order valence-corrected chi connectivity index (χ3v) is 4.03. The molecule has 0 spiro atoms. The lowest BCUT2D eigenvalue weighted by Crippen LogP contribution is -2.06. The number of rotatable bonds is 3. The Morgan fingerprint density at radius 1 is 1.00 bits per heavy atom. The Labute approximate surface area is 135 Å². The van der Waals surface area contributed by atoms with E-state index in [1.165, 1.54) is 0 Å². The van der Waals surface area contributed by atoms with E-state index in [-0.39, 0.29) is 5.82 Å². The summed E-state index contributed by atoms with van der Waals surface area (Å²) in [7, 11) is 0. The van der Waals surface area contributed by atoms with E-state index in [0.29, 0.717) is 12.0 Å². The minimum Gasteiger partial charge on any atom is -0.380 e. The van der Waals surface area contributed by atoms with Crippen LogP contribution < -0.4 is 0 Å². The molecule has 0 aliphatic carbocycles. The van der Waals surface area contributed by atoms with Gasteiger partial charge in [-0.1, -0.05) is 48.4 Å². The second-order valence-corrected chi connectivity index (χ2v) is 5.75. The van der Waals surface area contributed by atoms with Crippen LogP contribution in [0, 0.1) is 25.1 Å². The van der Waals surface area contributed by atoms with Crippen LogP contribution in [0.3, 0.4) is 0 Å². The SMILES string of the molecule is C#CC(O)Cc1ccc2cc(-c3ccc(C)c(F)c3)ccc2c1. The van der Waals surface area contributed by atoms with Crippen molar-refractivity contribution in [3.05, 3.63) is 71.5 Å². The van der Waals surface area contributed by atoms with E-state index in [1.54, 1.807) is 19.1 Å². The number of halogens is 1. The average molecular weight is 304 g/mol. The fourth-order valence-corrected chi connectivity index (χ4v) is 2.66. The Morgan fingerprint density at radius 3 is 2.39 bits per heavy atom. The number of fused-ring (bicyclic) bond motifs is 1. The molecule has 1 nitrogen and oxygen atoms in total. The smallest absolute Gasteiger partial charge is 0.126 e. The second-order valence-electron chi connectivity index (χ2n) is 5.75. The van der Waals surface area contributed by atoms with Crippen LogP contribution in [0.1, 0.15) is 11.1 Å². The second kappa shape index (κ2) is 6.24. The van der Waals surface area contributed by atoms with Crippen molar-refractivity contribution in [3.8, 4) is 23.5 Å².